The van der Waals surface area contributed by atoms with E-state index in [4.69, 9.17) is 4.74 Å². The van der Waals surface area contributed by atoms with Crippen molar-refractivity contribution < 1.29 is 4.74 Å². The molecule has 1 N–H and O–H groups in total. The summed E-state index contributed by atoms with van der Waals surface area (Å²) in [5.74, 6) is 0.551. The molecule has 0 aliphatic rings. The van der Waals surface area contributed by atoms with Crippen LogP contribution in [0.3, 0.4) is 0 Å². The number of nitrogens with one attached hydrogen (secondary N) is 1. The highest BCUT2D eigenvalue weighted by Crippen LogP contribution is 2.21. The normalized spacial score (nSPS) is 14.4. The molecule has 0 aliphatic heterocycles. The summed E-state index contributed by atoms with van der Waals surface area (Å²) in [6.07, 6.45) is 3.47. The first-order valence-electron chi connectivity index (χ1n) is 7.06. The fourth-order valence-corrected chi connectivity index (χ4v) is 2.30. The largest absolute Gasteiger partial charge is 0.385 e. The van der Waals surface area contributed by atoms with Crippen molar-refractivity contribution in [2.75, 3.05) is 20.3 Å². The minimum Gasteiger partial charge on any atom is -0.385 e. The predicted octanol–water partition coefficient (Wildman–Crippen LogP) is 3.58. The van der Waals surface area contributed by atoms with Crippen molar-refractivity contribution >= 4 is 0 Å². The summed E-state index contributed by atoms with van der Waals surface area (Å²) in [5, 5.41) is 3.67. The molecule has 1 aromatic rings. The van der Waals surface area contributed by atoms with Crippen LogP contribution in [0.4, 0.5) is 0 Å². The van der Waals surface area contributed by atoms with Crippen LogP contribution in [0.5, 0.6) is 0 Å². The van der Waals surface area contributed by atoms with Gasteiger partial charge in [0, 0.05) is 19.8 Å². The van der Waals surface area contributed by atoms with Crippen molar-refractivity contribution in [2.24, 2.45) is 0 Å². The van der Waals surface area contributed by atoms with Crippen molar-refractivity contribution in [2.45, 2.75) is 45.1 Å². The third kappa shape index (κ3) is 5.19. The summed E-state index contributed by atoms with van der Waals surface area (Å²) in [6.45, 7) is 6.47. The standard InChI is InChI=1S/C16H27NO/c1-4-12-17-16(11-8-13-18-3)14(2)15-9-6-5-7-10-15/h5-7,9-10,14,16-17H,4,8,11-13H2,1-3H3. The van der Waals surface area contributed by atoms with Crippen LogP contribution in [0.15, 0.2) is 30.3 Å². The lowest BCUT2D eigenvalue weighted by atomic mass is 9.90. The predicted molar refractivity (Wildman–Crippen MR) is 78.0 cm³/mol. The van der Waals surface area contributed by atoms with Crippen LogP contribution in [-0.2, 0) is 4.74 Å². The lowest BCUT2D eigenvalue weighted by Gasteiger charge is -2.25. The molecule has 0 fully saturated rings. The van der Waals surface area contributed by atoms with Gasteiger partial charge in [0.15, 0.2) is 0 Å². The average Bonchev–Trinajstić information content (AvgIpc) is 2.43. The molecule has 1 aromatic carbocycles. The molecule has 0 aromatic heterocycles. The third-order valence-electron chi connectivity index (χ3n) is 3.45. The highest BCUT2D eigenvalue weighted by atomic mass is 16.5. The van der Waals surface area contributed by atoms with Crippen molar-refractivity contribution in [3.05, 3.63) is 35.9 Å². The zero-order valence-corrected chi connectivity index (χ0v) is 12.0. The van der Waals surface area contributed by atoms with Crippen molar-refractivity contribution in [1.29, 1.82) is 0 Å². The molecular formula is C16H27NO. The van der Waals surface area contributed by atoms with Crippen LogP contribution in [0.2, 0.25) is 0 Å². The van der Waals surface area contributed by atoms with Crippen molar-refractivity contribution in [1.82, 2.24) is 5.32 Å². The van der Waals surface area contributed by atoms with Gasteiger partial charge in [-0.25, -0.2) is 0 Å². The van der Waals surface area contributed by atoms with Gasteiger partial charge in [-0.1, -0.05) is 44.2 Å². The van der Waals surface area contributed by atoms with Crippen LogP contribution in [0.1, 0.15) is 44.6 Å². The van der Waals surface area contributed by atoms with Gasteiger partial charge in [-0.3, -0.25) is 0 Å². The minimum absolute atomic E-state index is 0.544. The average molecular weight is 249 g/mol. The highest BCUT2D eigenvalue weighted by molar-refractivity contribution is 5.20. The van der Waals surface area contributed by atoms with Gasteiger partial charge in [-0.2, -0.15) is 0 Å². The van der Waals surface area contributed by atoms with E-state index in [2.05, 4.69) is 49.5 Å². The van der Waals surface area contributed by atoms with E-state index >= 15 is 0 Å². The van der Waals surface area contributed by atoms with Gasteiger partial charge in [-0.05, 0) is 37.3 Å². The molecule has 2 atom stereocenters. The molecule has 18 heavy (non-hydrogen) atoms. The number of hydrogen-bond acceptors (Lipinski definition) is 2. The Bertz CT molecular complexity index is 299. The summed E-state index contributed by atoms with van der Waals surface area (Å²) in [4.78, 5) is 0. The van der Waals surface area contributed by atoms with Gasteiger partial charge >= 0.3 is 0 Å². The monoisotopic (exact) mass is 249 g/mol. The maximum absolute atomic E-state index is 5.15. The van der Waals surface area contributed by atoms with Crippen LogP contribution >= 0.6 is 0 Å². The molecule has 0 radical (unpaired) electrons. The van der Waals surface area contributed by atoms with E-state index in [1.165, 1.54) is 18.4 Å². The van der Waals surface area contributed by atoms with E-state index < -0.39 is 0 Å². The van der Waals surface area contributed by atoms with Gasteiger partial charge in [0.1, 0.15) is 0 Å². The maximum Gasteiger partial charge on any atom is 0.0462 e. The lowest BCUT2D eigenvalue weighted by molar-refractivity contribution is 0.187. The first kappa shape index (κ1) is 15.2. The Morgan fingerprint density at radius 2 is 1.94 bits per heavy atom. The lowest BCUT2D eigenvalue weighted by Crippen LogP contribution is -2.34. The summed E-state index contributed by atoms with van der Waals surface area (Å²) < 4.78 is 5.15. The van der Waals surface area contributed by atoms with Gasteiger partial charge in [-0.15, -0.1) is 0 Å². The Morgan fingerprint density at radius 1 is 1.22 bits per heavy atom. The fraction of sp³-hybridized carbons (Fsp3) is 0.625. The van der Waals surface area contributed by atoms with E-state index in [-0.39, 0.29) is 0 Å². The smallest absolute Gasteiger partial charge is 0.0462 e. The van der Waals surface area contributed by atoms with Gasteiger partial charge in [0.2, 0.25) is 0 Å². The Balaban J connectivity index is 2.57. The fourth-order valence-electron chi connectivity index (χ4n) is 2.30. The zero-order valence-electron chi connectivity index (χ0n) is 12.0. The van der Waals surface area contributed by atoms with E-state index in [0.717, 1.165) is 19.6 Å². The number of hydrogen-bond donors (Lipinski definition) is 1. The SMILES string of the molecule is CCCNC(CCCOC)C(C)c1ccccc1. The molecule has 2 unspecified atom stereocenters. The van der Waals surface area contributed by atoms with Gasteiger partial charge < -0.3 is 10.1 Å². The van der Waals surface area contributed by atoms with Crippen LogP contribution in [-0.4, -0.2) is 26.3 Å². The molecule has 2 heteroatoms. The van der Waals surface area contributed by atoms with Crippen LogP contribution < -0.4 is 5.32 Å². The number of benzene rings is 1. The van der Waals surface area contributed by atoms with Gasteiger partial charge in [0.05, 0.1) is 0 Å². The Kier molecular flexibility index (Phi) is 7.70. The topological polar surface area (TPSA) is 21.3 Å². The molecular weight excluding hydrogens is 222 g/mol. The zero-order chi connectivity index (χ0) is 13.2. The molecule has 0 saturated carbocycles. The van der Waals surface area contributed by atoms with Crippen LogP contribution in [0, 0.1) is 0 Å². The highest BCUT2D eigenvalue weighted by Gasteiger charge is 2.17. The van der Waals surface area contributed by atoms with Crippen LogP contribution in [0.25, 0.3) is 0 Å². The third-order valence-corrected chi connectivity index (χ3v) is 3.45. The Labute approximate surface area is 112 Å². The molecule has 0 saturated heterocycles. The molecule has 102 valence electrons. The molecule has 0 amide bonds. The molecule has 0 aliphatic carbocycles. The molecule has 0 spiro atoms. The Hall–Kier alpha value is -0.860. The first-order chi connectivity index (χ1) is 8.79. The summed E-state index contributed by atoms with van der Waals surface area (Å²) in [6, 6.07) is 11.3. The second-order valence-electron chi connectivity index (χ2n) is 4.90. The number of methoxy groups -OCH3 is 1. The molecule has 2 nitrogen and oxygen atoms in total. The van der Waals surface area contributed by atoms with E-state index in [1.54, 1.807) is 7.11 Å². The summed E-state index contributed by atoms with van der Waals surface area (Å²) in [5.41, 5.74) is 1.42. The van der Waals surface area contributed by atoms with E-state index in [1.807, 2.05) is 0 Å². The minimum atomic E-state index is 0.544. The van der Waals surface area contributed by atoms with E-state index in [0.29, 0.717) is 12.0 Å². The van der Waals surface area contributed by atoms with Gasteiger partial charge in [0.25, 0.3) is 0 Å². The second-order valence-corrected chi connectivity index (χ2v) is 4.90. The molecule has 0 heterocycles. The molecule has 0 bridgehead atoms. The van der Waals surface area contributed by atoms with E-state index in [9.17, 15) is 0 Å². The summed E-state index contributed by atoms with van der Waals surface area (Å²) in [7, 11) is 1.77. The second kappa shape index (κ2) is 9.12. The van der Waals surface area contributed by atoms with Crippen molar-refractivity contribution in [3.63, 3.8) is 0 Å². The molecule has 1 rings (SSSR count). The number of rotatable bonds is 9. The first-order valence-corrected chi connectivity index (χ1v) is 7.06. The summed E-state index contributed by atoms with van der Waals surface area (Å²) >= 11 is 0. The number of ether oxygens (including phenoxy) is 1. The van der Waals surface area contributed by atoms with Crippen molar-refractivity contribution in [3.8, 4) is 0 Å². The quantitative estimate of drug-likeness (QED) is 0.675. The Morgan fingerprint density at radius 3 is 2.56 bits per heavy atom. The maximum atomic E-state index is 5.15.